The molecule has 0 bridgehead atoms. The third-order valence-corrected chi connectivity index (χ3v) is 2.82. The number of nitrogens with one attached hydrogen (secondary N) is 1. The monoisotopic (exact) mass is 222 g/mol. The standard InChI is InChI=1S/C13H22N2O/c1-5-12(10(2)3)14-8-11-6-7-13(16-4)15-9-11/h6-7,9-10,12,14H,5,8H2,1-4H3. The van der Waals surface area contributed by atoms with Crippen molar-refractivity contribution in [2.75, 3.05) is 7.11 Å². The Hall–Kier alpha value is -1.09. The summed E-state index contributed by atoms with van der Waals surface area (Å²) < 4.78 is 5.02. The molecule has 0 saturated heterocycles. The molecule has 0 amide bonds. The summed E-state index contributed by atoms with van der Waals surface area (Å²) in [7, 11) is 1.63. The SMILES string of the molecule is CCC(NCc1ccc(OC)nc1)C(C)C. The number of methoxy groups -OCH3 is 1. The van der Waals surface area contributed by atoms with E-state index in [0.29, 0.717) is 17.8 Å². The van der Waals surface area contributed by atoms with Crippen LogP contribution in [0.3, 0.4) is 0 Å². The van der Waals surface area contributed by atoms with E-state index < -0.39 is 0 Å². The van der Waals surface area contributed by atoms with Gasteiger partial charge in [-0.15, -0.1) is 0 Å². The van der Waals surface area contributed by atoms with Crippen LogP contribution in [0.4, 0.5) is 0 Å². The number of rotatable bonds is 6. The second-order valence-electron chi connectivity index (χ2n) is 4.35. The summed E-state index contributed by atoms with van der Waals surface area (Å²) in [5.74, 6) is 1.33. The van der Waals surface area contributed by atoms with E-state index in [0.717, 1.165) is 13.0 Å². The molecule has 0 aromatic carbocycles. The summed E-state index contributed by atoms with van der Waals surface area (Å²) in [5, 5.41) is 3.54. The van der Waals surface area contributed by atoms with E-state index in [1.807, 2.05) is 18.3 Å². The van der Waals surface area contributed by atoms with Crippen molar-refractivity contribution in [1.82, 2.24) is 10.3 Å². The maximum atomic E-state index is 5.02. The number of hydrogen-bond donors (Lipinski definition) is 1. The van der Waals surface area contributed by atoms with Crippen LogP contribution in [0.1, 0.15) is 32.8 Å². The molecule has 1 heterocycles. The largest absolute Gasteiger partial charge is 0.481 e. The predicted molar refractivity (Wildman–Crippen MR) is 66.5 cm³/mol. The summed E-state index contributed by atoms with van der Waals surface area (Å²) in [6.07, 6.45) is 3.01. The lowest BCUT2D eigenvalue weighted by atomic mass is 10.0. The molecule has 1 aromatic heterocycles. The number of aromatic nitrogens is 1. The molecule has 0 fully saturated rings. The van der Waals surface area contributed by atoms with Crippen LogP contribution in [0.5, 0.6) is 5.88 Å². The Labute approximate surface area is 98.2 Å². The number of hydrogen-bond acceptors (Lipinski definition) is 3. The van der Waals surface area contributed by atoms with Crippen molar-refractivity contribution in [3.63, 3.8) is 0 Å². The van der Waals surface area contributed by atoms with E-state index in [2.05, 4.69) is 31.1 Å². The van der Waals surface area contributed by atoms with Gasteiger partial charge in [-0.1, -0.05) is 26.8 Å². The molecule has 0 aliphatic heterocycles. The number of pyridine rings is 1. The Morgan fingerprint density at radius 1 is 1.38 bits per heavy atom. The maximum Gasteiger partial charge on any atom is 0.212 e. The third-order valence-electron chi connectivity index (χ3n) is 2.82. The first-order valence-electron chi connectivity index (χ1n) is 5.89. The molecule has 1 N–H and O–H groups in total. The topological polar surface area (TPSA) is 34.1 Å². The zero-order valence-electron chi connectivity index (χ0n) is 10.7. The molecule has 3 nitrogen and oxygen atoms in total. The van der Waals surface area contributed by atoms with Gasteiger partial charge in [0.25, 0.3) is 0 Å². The quantitative estimate of drug-likeness (QED) is 0.803. The van der Waals surface area contributed by atoms with E-state index >= 15 is 0 Å². The van der Waals surface area contributed by atoms with Crippen molar-refractivity contribution in [1.29, 1.82) is 0 Å². The van der Waals surface area contributed by atoms with Gasteiger partial charge in [0.15, 0.2) is 0 Å². The lowest BCUT2D eigenvalue weighted by molar-refractivity contribution is 0.385. The Balaban J connectivity index is 2.47. The number of ether oxygens (including phenoxy) is 1. The van der Waals surface area contributed by atoms with Crippen LogP contribution in [-0.2, 0) is 6.54 Å². The summed E-state index contributed by atoms with van der Waals surface area (Å²) in [4.78, 5) is 4.18. The Morgan fingerprint density at radius 3 is 2.56 bits per heavy atom. The van der Waals surface area contributed by atoms with Gasteiger partial charge in [-0.3, -0.25) is 0 Å². The smallest absolute Gasteiger partial charge is 0.212 e. The molecule has 0 radical (unpaired) electrons. The molecule has 0 aliphatic carbocycles. The van der Waals surface area contributed by atoms with Crippen LogP contribution in [0.25, 0.3) is 0 Å². The van der Waals surface area contributed by atoms with Gasteiger partial charge in [-0.2, -0.15) is 0 Å². The maximum absolute atomic E-state index is 5.02. The van der Waals surface area contributed by atoms with Crippen molar-refractivity contribution >= 4 is 0 Å². The lowest BCUT2D eigenvalue weighted by Gasteiger charge is -2.20. The van der Waals surface area contributed by atoms with Crippen LogP contribution >= 0.6 is 0 Å². The molecule has 1 rings (SSSR count). The van der Waals surface area contributed by atoms with Crippen LogP contribution in [0.2, 0.25) is 0 Å². The molecular formula is C13H22N2O. The van der Waals surface area contributed by atoms with Gasteiger partial charge in [0.2, 0.25) is 5.88 Å². The zero-order valence-corrected chi connectivity index (χ0v) is 10.7. The van der Waals surface area contributed by atoms with Gasteiger partial charge in [0.1, 0.15) is 0 Å². The highest BCUT2D eigenvalue weighted by Crippen LogP contribution is 2.09. The van der Waals surface area contributed by atoms with Crippen molar-refractivity contribution in [2.24, 2.45) is 5.92 Å². The molecule has 3 heteroatoms. The average Bonchev–Trinajstić information content (AvgIpc) is 2.30. The number of nitrogens with zero attached hydrogens (tertiary/aromatic N) is 1. The van der Waals surface area contributed by atoms with Crippen LogP contribution in [0.15, 0.2) is 18.3 Å². The lowest BCUT2D eigenvalue weighted by Crippen LogP contribution is -2.32. The molecule has 16 heavy (non-hydrogen) atoms. The van der Waals surface area contributed by atoms with Crippen molar-refractivity contribution in [3.05, 3.63) is 23.9 Å². The van der Waals surface area contributed by atoms with Crippen LogP contribution < -0.4 is 10.1 Å². The Kier molecular flexibility index (Phi) is 5.26. The van der Waals surface area contributed by atoms with E-state index in [4.69, 9.17) is 4.74 Å². The van der Waals surface area contributed by atoms with Gasteiger partial charge < -0.3 is 10.1 Å². The van der Waals surface area contributed by atoms with Crippen molar-refractivity contribution in [3.8, 4) is 5.88 Å². The minimum atomic E-state index is 0.571. The van der Waals surface area contributed by atoms with Gasteiger partial charge in [0, 0.05) is 24.8 Å². The van der Waals surface area contributed by atoms with E-state index in [-0.39, 0.29) is 0 Å². The van der Waals surface area contributed by atoms with Crippen molar-refractivity contribution in [2.45, 2.75) is 39.8 Å². The summed E-state index contributed by atoms with van der Waals surface area (Å²) >= 11 is 0. The first-order chi connectivity index (χ1) is 7.67. The molecule has 1 atom stereocenters. The highest BCUT2D eigenvalue weighted by atomic mass is 16.5. The first-order valence-corrected chi connectivity index (χ1v) is 5.89. The first kappa shape index (κ1) is 13.0. The molecule has 1 aromatic rings. The van der Waals surface area contributed by atoms with Gasteiger partial charge in [0.05, 0.1) is 7.11 Å². The predicted octanol–water partition coefficient (Wildman–Crippen LogP) is 2.61. The zero-order chi connectivity index (χ0) is 12.0. The third kappa shape index (κ3) is 3.81. The normalized spacial score (nSPS) is 12.8. The second kappa shape index (κ2) is 6.48. The van der Waals surface area contributed by atoms with E-state index in [1.54, 1.807) is 7.11 Å². The van der Waals surface area contributed by atoms with E-state index in [1.165, 1.54) is 5.56 Å². The summed E-state index contributed by atoms with van der Waals surface area (Å²) in [6, 6.07) is 4.52. The molecule has 0 spiro atoms. The fourth-order valence-electron chi connectivity index (χ4n) is 1.74. The fraction of sp³-hybridized carbons (Fsp3) is 0.615. The van der Waals surface area contributed by atoms with Gasteiger partial charge in [-0.25, -0.2) is 4.98 Å². The molecular weight excluding hydrogens is 200 g/mol. The highest BCUT2D eigenvalue weighted by molar-refractivity contribution is 5.17. The molecule has 0 saturated carbocycles. The highest BCUT2D eigenvalue weighted by Gasteiger charge is 2.09. The minimum absolute atomic E-state index is 0.571. The Morgan fingerprint density at radius 2 is 2.12 bits per heavy atom. The molecule has 0 aliphatic rings. The van der Waals surface area contributed by atoms with Crippen LogP contribution in [-0.4, -0.2) is 18.1 Å². The van der Waals surface area contributed by atoms with Crippen molar-refractivity contribution < 1.29 is 4.74 Å². The average molecular weight is 222 g/mol. The summed E-state index contributed by atoms with van der Waals surface area (Å²) in [6.45, 7) is 7.57. The molecule has 90 valence electrons. The van der Waals surface area contributed by atoms with Gasteiger partial charge >= 0.3 is 0 Å². The van der Waals surface area contributed by atoms with Gasteiger partial charge in [-0.05, 0) is 17.9 Å². The molecule has 1 unspecified atom stereocenters. The second-order valence-corrected chi connectivity index (χ2v) is 4.35. The Bertz CT molecular complexity index is 295. The minimum Gasteiger partial charge on any atom is -0.481 e. The summed E-state index contributed by atoms with van der Waals surface area (Å²) in [5.41, 5.74) is 1.19. The van der Waals surface area contributed by atoms with E-state index in [9.17, 15) is 0 Å². The van der Waals surface area contributed by atoms with Crippen LogP contribution in [0, 0.1) is 5.92 Å². The fourth-order valence-corrected chi connectivity index (χ4v) is 1.74.